The maximum Gasteiger partial charge on any atom is 0.235 e. The first-order chi connectivity index (χ1) is 11.0. The second-order valence-corrected chi connectivity index (χ2v) is 7.22. The summed E-state index contributed by atoms with van der Waals surface area (Å²) >= 11 is 0. The number of nitrogens with one attached hydrogen (secondary N) is 1. The summed E-state index contributed by atoms with van der Waals surface area (Å²) in [4.78, 5) is 14.5. The van der Waals surface area contributed by atoms with Crippen molar-refractivity contribution in [2.75, 3.05) is 13.6 Å². The molecule has 3 rings (SSSR count). The number of fused-ring (bicyclic) bond motifs is 1. The highest BCUT2D eigenvalue weighted by molar-refractivity contribution is 5.79. The molecule has 0 radical (unpaired) electrons. The number of nitriles is 1. The van der Waals surface area contributed by atoms with Crippen LogP contribution in [0, 0.1) is 17.2 Å². The lowest BCUT2D eigenvalue weighted by atomic mass is 9.87. The molecule has 0 aromatic heterocycles. The van der Waals surface area contributed by atoms with E-state index in [9.17, 15) is 10.1 Å². The molecule has 2 aliphatic carbocycles. The Balaban J connectivity index is 1.56. The standard InChI is InChI=1S/C19H25N3O/c1-19(13-20,16-8-9-16)21-18(23)12-22(2)17-10-7-14-5-3-4-6-15(14)11-17/h3-6,16-17H,7-12H2,1-2H3,(H,21,23)/t17-,19-/m1/s1. The van der Waals surface area contributed by atoms with Gasteiger partial charge in [0.05, 0.1) is 12.6 Å². The zero-order valence-electron chi connectivity index (χ0n) is 14.0. The van der Waals surface area contributed by atoms with Crippen molar-refractivity contribution in [1.82, 2.24) is 10.2 Å². The van der Waals surface area contributed by atoms with E-state index in [1.807, 2.05) is 14.0 Å². The Kier molecular flexibility index (Phi) is 4.41. The van der Waals surface area contributed by atoms with E-state index in [-0.39, 0.29) is 5.91 Å². The van der Waals surface area contributed by atoms with Gasteiger partial charge in [-0.3, -0.25) is 9.69 Å². The zero-order chi connectivity index (χ0) is 16.4. The van der Waals surface area contributed by atoms with Crippen LogP contribution in [0.4, 0.5) is 0 Å². The van der Waals surface area contributed by atoms with Crippen molar-refractivity contribution in [1.29, 1.82) is 5.26 Å². The Morgan fingerprint density at radius 3 is 2.70 bits per heavy atom. The van der Waals surface area contributed by atoms with Crippen LogP contribution in [-0.2, 0) is 17.6 Å². The third kappa shape index (κ3) is 3.56. The van der Waals surface area contributed by atoms with Gasteiger partial charge in [-0.2, -0.15) is 5.26 Å². The average molecular weight is 311 g/mol. The number of carbonyl (C=O) groups is 1. The van der Waals surface area contributed by atoms with Gasteiger partial charge in [-0.1, -0.05) is 24.3 Å². The van der Waals surface area contributed by atoms with Gasteiger partial charge in [-0.25, -0.2) is 0 Å². The van der Waals surface area contributed by atoms with Gasteiger partial charge in [0.2, 0.25) is 5.91 Å². The Morgan fingerprint density at radius 2 is 2.04 bits per heavy atom. The summed E-state index contributed by atoms with van der Waals surface area (Å²) in [5.74, 6) is 0.283. The summed E-state index contributed by atoms with van der Waals surface area (Å²) < 4.78 is 0. The first kappa shape index (κ1) is 16.0. The summed E-state index contributed by atoms with van der Waals surface area (Å²) in [6.45, 7) is 2.20. The quantitative estimate of drug-likeness (QED) is 0.907. The zero-order valence-corrected chi connectivity index (χ0v) is 14.0. The van der Waals surface area contributed by atoms with E-state index < -0.39 is 5.54 Å². The SMILES string of the molecule is CN(CC(=O)N[C@](C)(C#N)C1CC1)[C@@H]1CCc2ccccc2C1. The van der Waals surface area contributed by atoms with Crippen LogP contribution in [-0.4, -0.2) is 36.0 Å². The molecule has 0 aliphatic heterocycles. The van der Waals surface area contributed by atoms with Crippen molar-refractivity contribution < 1.29 is 4.79 Å². The van der Waals surface area contributed by atoms with Gasteiger partial charge >= 0.3 is 0 Å². The fourth-order valence-electron chi connectivity index (χ4n) is 3.62. The number of hydrogen-bond acceptors (Lipinski definition) is 3. The first-order valence-corrected chi connectivity index (χ1v) is 8.51. The highest BCUT2D eigenvalue weighted by Crippen LogP contribution is 2.39. The second kappa shape index (κ2) is 6.33. The molecular weight excluding hydrogens is 286 g/mol. The van der Waals surface area contributed by atoms with E-state index in [1.165, 1.54) is 11.1 Å². The van der Waals surface area contributed by atoms with E-state index in [1.54, 1.807) is 0 Å². The van der Waals surface area contributed by atoms with Crippen LogP contribution < -0.4 is 5.32 Å². The summed E-state index contributed by atoms with van der Waals surface area (Å²) in [6.07, 6.45) is 5.24. The van der Waals surface area contributed by atoms with Gasteiger partial charge in [0.25, 0.3) is 0 Å². The normalized spacial score (nSPS) is 22.8. The van der Waals surface area contributed by atoms with Crippen LogP contribution in [0.5, 0.6) is 0 Å². The minimum Gasteiger partial charge on any atom is -0.337 e. The Morgan fingerprint density at radius 1 is 1.35 bits per heavy atom. The Bertz CT molecular complexity index is 632. The molecule has 0 heterocycles. The predicted octanol–water partition coefficient (Wildman–Crippen LogP) is 2.28. The van der Waals surface area contributed by atoms with Crippen molar-refractivity contribution in [3.05, 3.63) is 35.4 Å². The van der Waals surface area contributed by atoms with E-state index in [0.717, 1.165) is 32.1 Å². The molecule has 2 aliphatic rings. The third-order valence-corrected chi connectivity index (χ3v) is 5.36. The monoisotopic (exact) mass is 311 g/mol. The van der Waals surface area contributed by atoms with E-state index in [4.69, 9.17) is 0 Å². The number of benzene rings is 1. The topological polar surface area (TPSA) is 56.1 Å². The summed E-state index contributed by atoms with van der Waals surface area (Å²) in [7, 11) is 2.01. The number of amides is 1. The molecule has 4 heteroatoms. The molecule has 0 saturated heterocycles. The smallest absolute Gasteiger partial charge is 0.235 e. The van der Waals surface area contributed by atoms with Gasteiger partial charge in [0, 0.05) is 6.04 Å². The summed E-state index contributed by atoms with van der Waals surface area (Å²) in [5.41, 5.74) is 2.14. The van der Waals surface area contributed by atoms with Gasteiger partial charge in [-0.15, -0.1) is 0 Å². The van der Waals surface area contributed by atoms with Crippen molar-refractivity contribution in [3.8, 4) is 6.07 Å². The second-order valence-electron chi connectivity index (χ2n) is 7.22. The third-order valence-electron chi connectivity index (χ3n) is 5.36. The van der Waals surface area contributed by atoms with E-state index in [2.05, 4.69) is 40.6 Å². The lowest BCUT2D eigenvalue weighted by Gasteiger charge is -2.33. The minimum absolute atomic E-state index is 0.0395. The molecule has 0 bridgehead atoms. The first-order valence-electron chi connectivity index (χ1n) is 8.51. The van der Waals surface area contributed by atoms with Crippen molar-refractivity contribution >= 4 is 5.91 Å². The predicted molar refractivity (Wildman–Crippen MR) is 89.8 cm³/mol. The number of rotatable bonds is 5. The molecule has 1 aromatic carbocycles. The fourth-order valence-corrected chi connectivity index (χ4v) is 3.62. The van der Waals surface area contributed by atoms with Gasteiger partial charge in [-0.05, 0) is 63.1 Å². The fraction of sp³-hybridized carbons (Fsp3) is 0.579. The van der Waals surface area contributed by atoms with E-state index >= 15 is 0 Å². The molecule has 23 heavy (non-hydrogen) atoms. The number of likely N-dealkylation sites (N-methyl/N-ethyl adjacent to an activating group) is 1. The maximum absolute atomic E-state index is 12.3. The number of aryl methyl sites for hydroxylation is 1. The summed E-state index contributed by atoms with van der Waals surface area (Å²) in [6, 6.07) is 11.2. The van der Waals surface area contributed by atoms with Crippen LogP contribution in [0.3, 0.4) is 0 Å². The van der Waals surface area contributed by atoms with Crippen LogP contribution >= 0.6 is 0 Å². The largest absolute Gasteiger partial charge is 0.337 e. The molecule has 1 saturated carbocycles. The Labute approximate surface area is 138 Å². The number of hydrogen-bond donors (Lipinski definition) is 1. The highest BCUT2D eigenvalue weighted by Gasteiger charge is 2.43. The van der Waals surface area contributed by atoms with Crippen molar-refractivity contribution in [2.45, 2.75) is 50.6 Å². The summed E-state index contributed by atoms with van der Waals surface area (Å²) in [5, 5.41) is 12.3. The van der Waals surface area contributed by atoms with Crippen LogP contribution in [0.2, 0.25) is 0 Å². The van der Waals surface area contributed by atoms with Gasteiger partial charge in [0.1, 0.15) is 5.54 Å². The molecule has 1 N–H and O–H groups in total. The van der Waals surface area contributed by atoms with Gasteiger partial charge < -0.3 is 5.32 Å². The van der Waals surface area contributed by atoms with Crippen molar-refractivity contribution in [3.63, 3.8) is 0 Å². The molecule has 122 valence electrons. The minimum atomic E-state index is -0.697. The van der Waals surface area contributed by atoms with E-state index in [0.29, 0.717) is 18.5 Å². The number of carbonyl (C=O) groups excluding carboxylic acids is 1. The molecule has 4 nitrogen and oxygen atoms in total. The van der Waals surface area contributed by atoms with Crippen molar-refractivity contribution in [2.24, 2.45) is 5.92 Å². The molecule has 1 fully saturated rings. The lowest BCUT2D eigenvalue weighted by molar-refractivity contribution is -0.123. The molecular formula is C19H25N3O. The molecule has 2 atom stereocenters. The highest BCUT2D eigenvalue weighted by atomic mass is 16.2. The molecule has 0 spiro atoms. The van der Waals surface area contributed by atoms with Crippen LogP contribution in [0.1, 0.15) is 37.3 Å². The Hall–Kier alpha value is -1.86. The average Bonchev–Trinajstić information content (AvgIpc) is 3.39. The lowest BCUT2D eigenvalue weighted by Crippen LogP contribution is -2.51. The van der Waals surface area contributed by atoms with Gasteiger partial charge in [0.15, 0.2) is 0 Å². The molecule has 1 amide bonds. The number of nitrogens with zero attached hydrogens (tertiary/aromatic N) is 2. The molecule has 1 aromatic rings. The molecule has 0 unspecified atom stereocenters. The van der Waals surface area contributed by atoms with Crippen LogP contribution in [0.15, 0.2) is 24.3 Å². The maximum atomic E-state index is 12.3. The van der Waals surface area contributed by atoms with Crippen LogP contribution in [0.25, 0.3) is 0 Å².